The van der Waals surface area contributed by atoms with Crippen LogP contribution in [-0.2, 0) is 11.3 Å². The van der Waals surface area contributed by atoms with Crippen molar-refractivity contribution < 1.29 is 14.2 Å². The molecule has 0 heterocycles. The Morgan fingerprint density at radius 2 is 2.10 bits per heavy atom. The van der Waals surface area contributed by atoms with E-state index in [9.17, 15) is 0 Å². The standard InChI is InChI=1S/C16H25NO3/c1-3-8-17-10-14-6-7-15(16(9-14)18-2)20-12-19-11-13-4-5-13/h6-7,9,13,17H,3-5,8,10-12H2,1-2H3. The van der Waals surface area contributed by atoms with Crippen LogP contribution in [0.25, 0.3) is 0 Å². The number of methoxy groups -OCH3 is 1. The molecule has 0 atom stereocenters. The van der Waals surface area contributed by atoms with E-state index in [1.165, 1.54) is 18.4 Å². The van der Waals surface area contributed by atoms with Crippen LogP contribution in [0, 0.1) is 5.92 Å². The topological polar surface area (TPSA) is 39.7 Å². The molecule has 2 rings (SSSR count). The van der Waals surface area contributed by atoms with Crippen LogP contribution in [0.4, 0.5) is 0 Å². The molecule has 4 nitrogen and oxygen atoms in total. The molecule has 0 spiro atoms. The summed E-state index contributed by atoms with van der Waals surface area (Å²) in [6.45, 7) is 5.13. The maximum Gasteiger partial charge on any atom is 0.189 e. The highest BCUT2D eigenvalue weighted by molar-refractivity contribution is 5.42. The monoisotopic (exact) mass is 279 g/mol. The van der Waals surface area contributed by atoms with E-state index in [4.69, 9.17) is 14.2 Å². The molecule has 0 bridgehead atoms. The first-order chi connectivity index (χ1) is 9.83. The Kier molecular flexibility index (Phi) is 6.15. The number of hydrogen-bond acceptors (Lipinski definition) is 4. The molecular formula is C16H25NO3. The summed E-state index contributed by atoms with van der Waals surface area (Å²) in [6.07, 6.45) is 3.72. The Balaban J connectivity index is 1.80. The van der Waals surface area contributed by atoms with Crippen molar-refractivity contribution in [2.24, 2.45) is 5.92 Å². The summed E-state index contributed by atoms with van der Waals surface area (Å²) in [4.78, 5) is 0. The van der Waals surface area contributed by atoms with Crippen LogP contribution in [0.5, 0.6) is 11.5 Å². The highest BCUT2D eigenvalue weighted by Gasteiger charge is 2.21. The second-order valence-electron chi connectivity index (χ2n) is 5.24. The molecule has 112 valence electrons. The van der Waals surface area contributed by atoms with Gasteiger partial charge in [-0.15, -0.1) is 0 Å². The Labute approximate surface area is 121 Å². The third-order valence-electron chi connectivity index (χ3n) is 3.33. The molecule has 20 heavy (non-hydrogen) atoms. The zero-order valence-electron chi connectivity index (χ0n) is 12.5. The first kappa shape index (κ1) is 15.1. The molecule has 0 aromatic heterocycles. The lowest BCUT2D eigenvalue weighted by molar-refractivity contribution is 0.00865. The van der Waals surface area contributed by atoms with E-state index in [1.54, 1.807) is 7.11 Å². The Hall–Kier alpha value is -1.26. The summed E-state index contributed by atoms with van der Waals surface area (Å²) in [7, 11) is 1.66. The minimum absolute atomic E-state index is 0.292. The summed E-state index contributed by atoms with van der Waals surface area (Å²) in [5.41, 5.74) is 1.20. The van der Waals surface area contributed by atoms with E-state index in [2.05, 4.69) is 18.3 Å². The normalized spacial score (nSPS) is 14.3. The summed E-state index contributed by atoms with van der Waals surface area (Å²) in [5.74, 6) is 2.26. The number of benzene rings is 1. The maximum absolute atomic E-state index is 5.62. The minimum atomic E-state index is 0.292. The highest BCUT2D eigenvalue weighted by Crippen LogP contribution is 2.30. The summed E-state index contributed by atoms with van der Waals surface area (Å²) in [6, 6.07) is 6.02. The predicted octanol–water partition coefficient (Wildman–Crippen LogP) is 2.96. The third kappa shape index (κ3) is 5.02. The molecule has 0 unspecified atom stereocenters. The second-order valence-corrected chi connectivity index (χ2v) is 5.24. The van der Waals surface area contributed by atoms with E-state index in [-0.39, 0.29) is 0 Å². The van der Waals surface area contributed by atoms with Gasteiger partial charge in [-0.1, -0.05) is 13.0 Å². The van der Waals surface area contributed by atoms with Crippen LogP contribution in [0.1, 0.15) is 31.7 Å². The van der Waals surface area contributed by atoms with Crippen molar-refractivity contribution in [3.05, 3.63) is 23.8 Å². The first-order valence-electron chi connectivity index (χ1n) is 7.41. The van der Waals surface area contributed by atoms with Crippen LogP contribution in [0.3, 0.4) is 0 Å². The quantitative estimate of drug-likeness (QED) is 0.528. The van der Waals surface area contributed by atoms with Crippen LogP contribution >= 0.6 is 0 Å². The van der Waals surface area contributed by atoms with Gasteiger partial charge >= 0.3 is 0 Å². The third-order valence-corrected chi connectivity index (χ3v) is 3.33. The largest absolute Gasteiger partial charge is 0.493 e. The van der Waals surface area contributed by atoms with Gasteiger partial charge in [-0.25, -0.2) is 0 Å². The van der Waals surface area contributed by atoms with Crippen LogP contribution < -0.4 is 14.8 Å². The van der Waals surface area contributed by atoms with Gasteiger partial charge in [-0.2, -0.15) is 0 Å². The van der Waals surface area contributed by atoms with Gasteiger partial charge in [0.25, 0.3) is 0 Å². The minimum Gasteiger partial charge on any atom is -0.493 e. The predicted molar refractivity (Wildman–Crippen MR) is 79.2 cm³/mol. The number of hydrogen-bond donors (Lipinski definition) is 1. The molecule has 0 amide bonds. The smallest absolute Gasteiger partial charge is 0.189 e. The van der Waals surface area contributed by atoms with Crippen molar-refractivity contribution in [1.29, 1.82) is 0 Å². The molecule has 1 aliphatic rings. The van der Waals surface area contributed by atoms with Crippen molar-refractivity contribution in [2.75, 3.05) is 27.1 Å². The number of rotatable bonds is 10. The zero-order chi connectivity index (χ0) is 14.2. The van der Waals surface area contributed by atoms with Gasteiger partial charge < -0.3 is 19.5 Å². The molecule has 1 aromatic rings. The molecule has 0 aliphatic heterocycles. The molecule has 4 heteroatoms. The fourth-order valence-electron chi connectivity index (χ4n) is 1.96. The van der Waals surface area contributed by atoms with Gasteiger partial charge in [0, 0.05) is 6.54 Å². The maximum atomic E-state index is 5.62. The van der Waals surface area contributed by atoms with Crippen molar-refractivity contribution >= 4 is 0 Å². The van der Waals surface area contributed by atoms with Gasteiger partial charge in [0.1, 0.15) is 0 Å². The first-order valence-corrected chi connectivity index (χ1v) is 7.41. The lowest BCUT2D eigenvalue weighted by Crippen LogP contribution is -2.13. The summed E-state index contributed by atoms with van der Waals surface area (Å²) < 4.78 is 16.5. The van der Waals surface area contributed by atoms with Crippen LogP contribution in [0.15, 0.2) is 18.2 Å². The van der Waals surface area contributed by atoms with E-state index < -0.39 is 0 Å². The average Bonchev–Trinajstić information content (AvgIpc) is 3.29. The summed E-state index contributed by atoms with van der Waals surface area (Å²) in [5, 5.41) is 3.37. The van der Waals surface area contributed by atoms with Gasteiger partial charge in [-0.3, -0.25) is 0 Å². The second kappa shape index (κ2) is 8.12. The van der Waals surface area contributed by atoms with Gasteiger partial charge in [0.2, 0.25) is 0 Å². The van der Waals surface area contributed by atoms with Crippen LogP contribution in [-0.4, -0.2) is 27.1 Å². The highest BCUT2D eigenvalue weighted by atomic mass is 16.7. The number of ether oxygens (including phenoxy) is 3. The molecule has 0 radical (unpaired) electrons. The molecule has 1 saturated carbocycles. The Morgan fingerprint density at radius 1 is 1.25 bits per heavy atom. The van der Waals surface area contributed by atoms with Gasteiger partial charge in [0.05, 0.1) is 13.7 Å². The van der Waals surface area contributed by atoms with Gasteiger partial charge in [0.15, 0.2) is 18.3 Å². The molecular weight excluding hydrogens is 254 g/mol. The lowest BCUT2D eigenvalue weighted by Gasteiger charge is -2.12. The molecule has 1 aromatic carbocycles. The molecule has 1 N–H and O–H groups in total. The molecule has 0 saturated heterocycles. The fourth-order valence-corrected chi connectivity index (χ4v) is 1.96. The van der Waals surface area contributed by atoms with E-state index in [0.29, 0.717) is 6.79 Å². The van der Waals surface area contributed by atoms with Crippen molar-refractivity contribution in [3.8, 4) is 11.5 Å². The fraction of sp³-hybridized carbons (Fsp3) is 0.625. The summed E-state index contributed by atoms with van der Waals surface area (Å²) >= 11 is 0. The lowest BCUT2D eigenvalue weighted by atomic mass is 10.2. The number of nitrogens with one attached hydrogen (secondary N) is 1. The van der Waals surface area contributed by atoms with Crippen LogP contribution in [0.2, 0.25) is 0 Å². The zero-order valence-corrected chi connectivity index (χ0v) is 12.5. The van der Waals surface area contributed by atoms with E-state index in [0.717, 1.165) is 43.5 Å². The average molecular weight is 279 g/mol. The molecule has 1 aliphatic carbocycles. The van der Waals surface area contributed by atoms with Gasteiger partial charge in [-0.05, 0) is 49.4 Å². The Bertz CT molecular complexity index is 405. The Morgan fingerprint density at radius 3 is 2.80 bits per heavy atom. The SMILES string of the molecule is CCCNCc1ccc(OCOCC2CC2)c(OC)c1. The van der Waals surface area contributed by atoms with Crippen molar-refractivity contribution in [1.82, 2.24) is 5.32 Å². The van der Waals surface area contributed by atoms with Crippen molar-refractivity contribution in [3.63, 3.8) is 0 Å². The van der Waals surface area contributed by atoms with E-state index >= 15 is 0 Å². The van der Waals surface area contributed by atoms with E-state index in [1.807, 2.05) is 12.1 Å². The van der Waals surface area contributed by atoms with Crippen molar-refractivity contribution in [2.45, 2.75) is 32.7 Å². The molecule has 1 fully saturated rings.